The summed E-state index contributed by atoms with van der Waals surface area (Å²) < 4.78 is 0. The third-order valence-electron chi connectivity index (χ3n) is 3.60. The molecule has 0 saturated carbocycles. The zero-order chi connectivity index (χ0) is 13.8. The molecule has 19 heavy (non-hydrogen) atoms. The molecule has 0 bridgehead atoms. The highest BCUT2D eigenvalue weighted by Gasteiger charge is 2.28. The standard InChI is InChI=1S/C14H22N4O/c1-4-16-13-9-15-7-5-12(13)14(19)18-8-6-11(10-18)17(2)3/h5,7,9,11,16H,4,6,8,10H2,1-3H3. The zero-order valence-corrected chi connectivity index (χ0v) is 11.9. The van der Waals surface area contributed by atoms with Crippen molar-refractivity contribution in [2.75, 3.05) is 39.0 Å². The molecule has 1 aliphatic heterocycles. The maximum absolute atomic E-state index is 12.6. The van der Waals surface area contributed by atoms with Gasteiger partial charge in [0.2, 0.25) is 0 Å². The average molecular weight is 262 g/mol. The second-order valence-corrected chi connectivity index (χ2v) is 5.11. The first kappa shape index (κ1) is 13.8. The largest absolute Gasteiger partial charge is 0.383 e. The molecule has 1 fully saturated rings. The van der Waals surface area contributed by atoms with Crippen molar-refractivity contribution in [1.29, 1.82) is 0 Å². The molecule has 1 aliphatic rings. The third kappa shape index (κ3) is 3.04. The number of nitrogens with one attached hydrogen (secondary N) is 1. The molecule has 104 valence electrons. The summed E-state index contributed by atoms with van der Waals surface area (Å²) in [7, 11) is 4.13. The van der Waals surface area contributed by atoms with Crippen LogP contribution in [0.1, 0.15) is 23.7 Å². The van der Waals surface area contributed by atoms with Crippen molar-refractivity contribution in [3.05, 3.63) is 24.0 Å². The molecule has 2 rings (SSSR count). The van der Waals surface area contributed by atoms with E-state index in [1.165, 1.54) is 0 Å². The first-order chi connectivity index (χ1) is 9.13. The Hall–Kier alpha value is -1.62. The molecular weight excluding hydrogens is 240 g/mol. The Morgan fingerprint density at radius 3 is 3.00 bits per heavy atom. The fourth-order valence-corrected chi connectivity index (χ4v) is 2.43. The lowest BCUT2D eigenvalue weighted by molar-refractivity contribution is 0.0784. The summed E-state index contributed by atoms with van der Waals surface area (Å²) in [6.45, 7) is 4.43. The molecule has 1 aromatic rings. The van der Waals surface area contributed by atoms with Crippen LogP contribution in [0.5, 0.6) is 0 Å². The summed E-state index contributed by atoms with van der Waals surface area (Å²) in [5, 5.41) is 3.19. The maximum atomic E-state index is 12.6. The van der Waals surface area contributed by atoms with Crippen LogP contribution < -0.4 is 5.32 Å². The second kappa shape index (κ2) is 6.02. The van der Waals surface area contributed by atoms with Crippen LogP contribution in [0.2, 0.25) is 0 Å². The lowest BCUT2D eigenvalue weighted by Crippen LogP contribution is -2.34. The predicted octanol–water partition coefficient (Wildman–Crippen LogP) is 1.29. The SMILES string of the molecule is CCNc1cnccc1C(=O)N1CCC(N(C)C)C1. The zero-order valence-electron chi connectivity index (χ0n) is 11.9. The number of amides is 1. The van der Waals surface area contributed by atoms with Crippen molar-refractivity contribution in [1.82, 2.24) is 14.8 Å². The summed E-state index contributed by atoms with van der Waals surface area (Å²) in [4.78, 5) is 20.7. The Kier molecular flexibility index (Phi) is 4.37. The van der Waals surface area contributed by atoms with Crippen molar-refractivity contribution in [3.63, 3.8) is 0 Å². The van der Waals surface area contributed by atoms with Gasteiger partial charge in [-0.1, -0.05) is 0 Å². The molecule has 1 amide bonds. The summed E-state index contributed by atoms with van der Waals surface area (Å²) in [6.07, 6.45) is 4.43. The first-order valence-electron chi connectivity index (χ1n) is 6.77. The van der Waals surface area contributed by atoms with E-state index in [1.54, 1.807) is 18.5 Å². The van der Waals surface area contributed by atoms with Crippen LogP contribution in [0.25, 0.3) is 0 Å². The van der Waals surface area contributed by atoms with E-state index in [2.05, 4.69) is 29.3 Å². The first-order valence-corrected chi connectivity index (χ1v) is 6.77. The number of anilines is 1. The molecule has 1 saturated heterocycles. The second-order valence-electron chi connectivity index (χ2n) is 5.11. The quantitative estimate of drug-likeness (QED) is 0.888. The van der Waals surface area contributed by atoms with Gasteiger partial charge in [0, 0.05) is 31.9 Å². The maximum Gasteiger partial charge on any atom is 0.256 e. The molecule has 2 heterocycles. The fraction of sp³-hybridized carbons (Fsp3) is 0.571. The van der Waals surface area contributed by atoms with Gasteiger partial charge in [-0.2, -0.15) is 0 Å². The normalized spacial score (nSPS) is 18.9. The van der Waals surface area contributed by atoms with E-state index in [0.717, 1.165) is 37.3 Å². The van der Waals surface area contributed by atoms with E-state index in [0.29, 0.717) is 6.04 Å². The van der Waals surface area contributed by atoms with Crippen LogP contribution in [0, 0.1) is 0 Å². The smallest absolute Gasteiger partial charge is 0.256 e. The highest BCUT2D eigenvalue weighted by Crippen LogP contribution is 2.20. The minimum Gasteiger partial charge on any atom is -0.383 e. The Labute approximate surface area is 114 Å². The molecular formula is C14H22N4O. The molecule has 0 spiro atoms. The molecule has 0 aliphatic carbocycles. The molecule has 0 radical (unpaired) electrons. The van der Waals surface area contributed by atoms with Gasteiger partial charge in [-0.25, -0.2) is 0 Å². The minimum atomic E-state index is 0.0997. The Morgan fingerprint density at radius 1 is 1.58 bits per heavy atom. The molecule has 5 heteroatoms. The van der Waals surface area contributed by atoms with Crippen molar-refractivity contribution in [3.8, 4) is 0 Å². The van der Waals surface area contributed by atoms with E-state index in [1.807, 2.05) is 11.8 Å². The van der Waals surface area contributed by atoms with Crippen molar-refractivity contribution in [2.24, 2.45) is 0 Å². The number of aromatic nitrogens is 1. The van der Waals surface area contributed by atoms with Gasteiger partial charge in [-0.3, -0.25) is 9.78 Å². The Morgan fingerprint density at radius 2 is 2.37 bits per heavy atom. The fourth-order valence-electron chi connectivity index (χ4n) is 2.43. The third-order valence-corrected chi connectivity index (χ3v) is 3.60. The van der Waals surface area contributed by atoms with Gasteiger partial charge in [0.1, 0.15) is 0 Å². The van der Waals surface area contributed by atoms with Gasteiger partial charge in [0.25, 0.3) is 5.91 Å². The number of pyridine rings is 1. The van der Waals surface area contributed by atoms with Crippen molar-refractivity contribution >= 4 is 11.6 Å². The Bertz CT molecular complexity index is 447. The van der Waals surface area contributed by atoms with Gasteiger partial charge in [0.05, 0.1) is 17.4 Å². The van der Waals surface area contributed by atoms with E-state index in [4.69, 9.17) is 0 Å². The van der Waals surface area contributed by atoms with Crippen LogP contribution in [0.3, 0.4) is 0 Å². The molecule has 1 atom stereocenters. The van der Waals surface area contributed by atoms with Crippen LogP contribution in [0.15, 0.2) is 18.5 Å². The number of hydrogen-bond acceptors (Lipinski definition) is 4. The average Bonchev–Trinajstić information content (AvgIpc) is 2.89. The molecule has 1 aromatic heterocycles. The van der Waals surface area contributed by atoms with E-state index < -0.39 is 0 Å². The number of likely N-dealkylation sites (tertiary alicyclic amines) is 1. The van der Waals surface area contributed by atoms with Gasteiger partial charge in [-0.15, -0.1) is 0 Å². The van der Waals surface area contributed by atoms with Gasteiger partial charge >= 0.3 is 0 Å². The molecule has 5 nitrogen and oxygen atoms in total. The monoisotopic (exact) mass is 262 g/mol. The predicted molar refractivity (Wildman–Crippen MR) is 76.4 cm³/mol. The lowest BCUT2D eigenvalue weighted by atomic mass is 10.2. The summed E-state index contributed by atoms with van der Waals surface area (Å²) in [5.74, 6) is 0.0997. The van der Waals surface area contributed by atoms with E-state index in [-0.39, 0.29) is 5.91 Å². The van der Waals surface area contributed by atoms with Crippen LogP contribution in [0.4, 0.5) is 5.69 Å². The number of nitrogens with zero attached hydrogens (tertiary/aromatic N) is 3. The van der Waals surface area contributed by atoms with Gasteiger partial charge < -0.3 is 15.1 Å². The van der Waals surface area contributed by atoms with E-state index in [9.17, 15) is 4.79 Å². The number of carbonyl (C=O) groups excluding carboxylic acids is 1. The summed E-state index contributed by atoms with van der Waals surface area (Å²) in [6, 6.07) is 2.26. The van der Waals surface area contributed by atoms with Crippen molar-refractivity contribution in [2.45, 2.75) is 19.4 Å². The summed E-state index contributed by atoms with van der Waals surface area (Å²) in [5.41, 5.74) is 1.54. The minimum absolute atomic E-state index is 0.0997. The number of carbonyl (C=O) groups is 1. The van der Waals surface area contributed by atoms with Crippen LogP contribution in [-0.2, 0) is 0 Å². The van der Waals surface area contributed by atoms with Crippen LogP contribution in [-0.4, -0.2) is 60.5 Å². The highest BCUT2D eigenvalue weighted by molar-refractivity contribution is 5.99. The Balaban J connectivity index is 2.12. The van der Waals surface area contributed by atoms with Crippen LogP contribution >= 0.6 is 0 Å². The number of rotatable bonds is 4. The van der Waals surface area contributed by atoms with Gasteiger partial charge in [-0.05, 0) is 33.5 Å². The lowest BCUT2D eigenvalue weighted by Gasteiger charge is -2.21. The number of hydrogen-bond donors (Lipinski definition) is 1. The molecule has 0 aromatic carbocycles. The van der Waals surface area contributed by atoms with E-state index >= 15 is 0 Å². The highest BCUT2D eigenvalue weighted by atomic mass is 16.2. The number of likely N-dealkylation sites (N-methyl/N-ethyl adjacent to an activating group) is 1. The van der Waals surface area contributed by atoms with Gasteiger partial charge in [0.15, 0.2) is 0 Å². The molecule has 1 unspecified atom stereocenters. The van der Waals surface area contributed by atoms with Crippen molar-refractivity contribution < 1.29 is 4.79 Å². The summed E-state index contributed by atoms with van der Waals surface area (Å²) >= 11 is 0. The topological polar surface area (TPSA) is 48.5 Å². The molecule has 1 N–H and O–H groups in total.